The Morgan fingerprint density at radius 2 is 2.05 bits per heavy atom. The molecule has 0 spiro atoms. The van der Waals surface area contributed by atoms with E-state index in [4.69, 9.17) is 14.2 Å². The zero-order valence-corrected chi connectivity index (χ0v) is 12.1. The minimum Gasteiger partial charge on any atom is -0.444 e. The van der Waals surface area contributed by atoms with Crippen LogP contribution in [0, 0.1) is 0 Å². The minimum absolute atomic E-state index is 0.0240. The van der Waals surface area contributed by atoms with Crippen LogP contribution in [0.3, 0.4) is 0 Å². The van der Waals surface area contributed by atoms with E-state index >= 15 is 0 Å². The molecular weight excluding hydrogens is 250 g/mol. The Morgan fingerprint density at radius 1 is 1.37 bits per heavy atom. The Labute approximate surface area is 114 Å². The number of Topliss-reactive ketones (excluding diaryl/α,β-unsaturated/α-hetero) is 1. The van der Waals surface area contributed by atoms with E-state index in [0.717, 1.165) is 0 Å². The highest BCUT2D eigenvalue weighted by Crippen LogP contribution is 2.19. The standard InChI is InChI=1S/C13H23NO5/c1-5-17-9-18-8-10-6-11(15)7-14(10)12(16)19-13(2,3)4/h10H,5-9H2,1-4H3. The minimum atomic E-state index is -0.570. The molecule has 0 aromatic carbocycles. The summed E-state index contributed by atoms with van der Waals surface area (Å²) in [5.41, 5.74) is -0.570. The van der Waals surface area contributed by atoms with Crippen molar-refractivity contribution < 1.29 is 23.8 Å². The monoisotopic (exact) mass is 273 g/mol. The molecule has 1 aliphatic rings. The van der Waals surface area contributed by atoms with Crippen LogP contribution in [0.15, 0.2) is 0 Å². The van der Waals surface area contributed by atoms with Crippen LogP contribution < -0.4 is 0 Å². The van der Waals surface area contributed by atoms with Gasteiger partial charge in [0, 0.05) is 13.0 Å². The van der Waals surface area contributed by atoms with Gasteiger partial charge < -0.3 is 14.2 Å². The third-order valence-corrected chi connectivity index (χ3v) is 2.56. The van der Waals surface area contributed by atoms with E-state index in [9.17, 15) is 9.59 Å². The van der Waals surface area contributed by atoms with Gasteiger partial charge in [0.1, 0.15) is 12.4 Å². The molecule has 1 unspecified atom stereocenters. The molecule has 110 valence electrons. The molecule has 0 N–H and O–H groups in total. The van der Waals surface area contributed by atoms with Gasteiger partial charge in [-0.05, 0) is 27.7 Å². The molecule has 1 amide bonds. The predicted octanol–water partition coefficient (Wildman–Crippen LogP) is 1.58. The van der Waals surface area contributed by atoms with Gasteiger partial charge in [-0.1, -0.05) is 0 Å². The summed E-state index contributed by atoms with van der Waals surface area (Å²) < 4.78 is 15.6. The second-order valence-corrected chi connectivity index (χ2v) is 5.49. The van der Waals surface area contributed by atoms with E-state index in [1.807, 2.05) is 6.92 Å². The normalized spacial score (nSPS) is 19.9. The number of nitrogens with zero attached hydrogens (tertiary/aromatic N) is 1. The van der Waals surface area contributed by atoms with Crippen molar-refractivity contribution in [2.75, 3.05) is 26.6 Å². The summed E-state index contributed by atoms with van der Waals surface area (Å²) in [4.78, 5) is 24.9. The van der Waals surface area contributed by atoms with Crippen molar-refractivity contribution in [3.05, 3.63) is 0 Å². The third kappa shape index (κ3) is 5.57. The third-order valence-electron chi connectivity index (χ3n) is 2.56. The van der Waals surface area contributed by atoms with E-state index in [2.05, 4.69) is 0 Å². The smallest absolute Gasteiger partial charge is 0.411 e. The molecule has 0 saturated carbocycles. The number of carbonyl (C=O) groups is 2. The largest absolute Gasteiger partial charge is 0.444 e. The van der Waals surface area contributed by atoms with Crippen LogP contribution in [0.5, 0.6) is 0 Å². The zero-order valence-electron chi connectivity index (χ0n) is 12.1. The van der Waals surface area contributed by atoms with E-state index in [1.165, 1.54) is 4.90 Å². The van der Waals surface area contributed by atoms with Crippen LogP contribution in [0.1, 0.15) is 34.1 Å². The van der Waals surface area contributed by atoms with Gasteiger partial charge in [-0.3, -0.25) is 9.69 Å². The predicted molar refractivity (Wildman–Crippen MR) is 68.8 cm³/mol. The highest BCUT2D eigenvalue weighted by molar-refractivity contribution is 5.88. The SMILES string of the molecule is CCOCOCC1CC(=O)CN1C(=O)OC(C)(C)C. The lowest BCUT2D eigenvalue weighted by Crippen LogP contribution is -2.42. The molecule has 0 radical (unpaired) electrons. The fourth-order valence-electron chi connectivity index (χ4n) is 1.77. The van der Waals surface area contributed by atoms with Crippen LogP contribution >= 0.6 is 0 Å². The lowest BCUT2D eigenvalue weighted by Gasteiger charge is -2.27. The van der Waals surface area contributed by atoms with Crippen LogP contribution in [-0.4, -0.2) is 55.0 Å². The van der Waals surface area contributed by atoms with Gasteiger partial charge in [-0.15, -0.1) is 0 Å². The van der Waals surface area contributed by atoms with Gasteiger partial charge >= 0.3 is 6.09 Å². The molecule has 0 bridgehead atoms. The molecule has 1 saturated heterocycles. The van der Waals surface area contributed by atoms with E-state index < -0.39 is 11.7 Å². The molecule has 1 heterocycles. The van der Waals surface area contributed by atoms with Gasteiger partial charge in [0.25, 0.3) is 0 Å². The molecule has 0 aromatic heterocycles. The Morgan fingerprint density at radius 3 is 2.63 bits per heavy atom. The van der Waals surface area contributed by atoms with Gasteiger partial charge in [0.2, 0.25) is 0 Å². The number of hydrogen-bond donors (Lipinski definition) is 0. The molecule has 1 atom stereocenters. The van der Waals surface area contributed by atoms with Crippen molar-refractivity contribution in [2.24, 2.45) is 0 Å². The first-order valence-corrected chi connectivity index (χ1v) is 6.50. The van der Waals surface area contributed by atoms with Gasteiger partial charge in [0.15, 0.2) is 5.78 Å². The summed E-state index contributed by atoms with van der Waals surface area (Å²) in [6.07, 6.45) is -0.158. The summed E-state index contributed by atoms with van der Waals surface area (Å²) in [5, 5.41) is 0. The first-order chi connectivity index (χ1) is 8.83. The molecule has 0 aliphatic carbocycles. The summed E-state index contributed by atoms with van der Waals surface area (Å²) in [6.45, 7) is 8.37. The fourth-order valence-corrected chi connectivity index (χ4v) is 1.77. The number of likely N-dealkylation sites (tertiary alicyclic amines) is 1. The molecule has 19 heavy (non-hydrogen) atoms. The molecular formula is C13H23NO5. The maximum atomic E-state index is 12.0. The summed E-state index contributed by atoms with van der Waals surface area (Å²) in [6, 6.07) is -0.261. The Kier molecular flexibility index (Phi) is 5.75. The number of hydrogen-bond acceptors (Lipinski definition) is 5. The Balaban J connectivity index is 2.49. The Hall–Kier alpha value is -1.14. The average molecular weight is 273 g/mol. The van der Waals surface area contributed by atoms with Crippen molar-refractivity contribution >= 4 is 11.9 Å². The highest BCUT2D eigenvalue weighted by atomic mass is 16.7. The van der Waals surface area contributed by atoms with E-state index in [-0.39, 0.29) is 31.8 Å². The van der Waals surface area contributed by atoms with Crippen LogP contribution in [0.2, 0.25) is 0 Å². The topological polar surface area (TPSA) is 65.1 Å². The number of rotatable bonds is 5. The number of amides is 1. The van der Waals surface area contributed by atoms with Crippen LogP contribution in [-0.2, 0) is 19.0 Å². The number of ketones is 1. The second-order valence-electron chi connectivity index (χ2n) is 5.49. The summed E-state index contributed by atoms with van der Waals surface area (Å²) in [5.74, 6) is 0.0240. The van der Waals surface area contributed by atoms with Gasteiger partial charge in [-0.25, -0.2) is 4.79 Å². The molecule has 0 aromatic rings. The van der Waals surface area contributed by atoms with E-state index in [0.29, 0.717) is 13.0 Å². The second kappa shape index (κ2) is 6.86. The van der Waals surface area contributed by atoms with Crippen molar-refractivity contribution in [1.29, 1.82) is 0 Å². The molecule has 6 nitrogen and oxygen atoms in total. The van der Waals surface area contributed by atoms with Crippen LogP contribution in [0.25, 0.3) is 0 Å². The van der Waals surface area contributed by atoms with Crippen molar-refractivity contribution in [3.8, 4) is 0 Å². The Bertz CT molecular complexity index is 323. The average Bonchev–Trinajstić information content (AvgIpc) is 2.64. The lowest BCUT2D eigenvalue weighted by atomic mass is 10.2. The zero-order chi connectivity index (χ0) is 14.5. The fraction of sp³-hybridized carbons (Fsp3) is 0.846. The van der Waals surface area contributed by atoms with Crippen molar-refractivity contribution in [2.45, 2.75) is 45.8 Å². The van der Waals surface area contributed by atoms with Crippen molar-refractivity contribution in [3.63, 3.8) is 0 Å². The molecule has 6 heteroatoms. The molecule has 1 fully saturated rings. The molecule has 1 rings (SSSR count). The number of carbonyl (C=O) groups excluding carboxylic acids is 2. The summed E-state index contributed by atoms with van der Waals surface area (Å²) >= 11 is 0. The van der Waals surface area contributed by atoms with Gasteiger partial charge in [-0.2, -0.15) is 0 Å². The number of ether oxygens (including phenoxy) is 3. The van der Waals surface area contributed by atoms with Crippen molar-refractivity contribution in [1.82, 2.24) is 4.90 Å². The highest BCUT2D eigenvalue weighted by Gasteiger charge is 2.36. The maximum Gasteiger partial charge on any atom is 0.411 e. The van der Waals surface area contributed by atoms with Crippen LogP contribution in [0.4, 0.5) is 4.79 Å². The van der Waals surface area contributed by atoms with E-state index in [1.54, 1.807) is 20.8 Å². The first kappa shape index (κ1) is 15.9. The quantitative estimate of drug-likeness (QED) is 0.562. The molecule has 1 aliphatic heterocycles. The summed E-state index contributed by atoms with van der Waals surface area (Å²) in [7, 11) is 0. The first-order valence-electron chi connectivity index (χ1n) is 6.50. The van der Waals surface area contributed by atoms with Gasteiger partial charge in [0.05, 0.1) is 19.2 Å². The lowest BCUT2D eigenvalue weighted by molar-refractivity contribution is -0.117. The maximum absolute atomic E-state index is 12.0.